The summed E-state index contributed by atoms with van der Waals surface area (Å²) in [5.41, 5.74) is 2.56. The van der Waals surface area contributed by atoms with E-state index in [2.05, 4.69) is 10.6 Å². The van der Waals surface area contributed by atoms with Gasteiger partial charge < -0.3 is 41.7 Å². The highest BCUT2D eigenvalue weighted by Gasteiger charge is 2.64. The minimum absolute atomic E-state index is 0.00921. The van der Waals surface area contributed by atoms with Crippen LogP contribution in [0, 0.1) is 11.8 Å². The number of aromatic hydroxyl groups is 1. The van der Waals surface area contributed by atoms with E-state index in [1.165, 1.54) is 4.90 Å². The number of phenolic OH excluding ortho intramolecular Hbond substituents is 1. The summed E-state index contributed by atoms with van der Waals surface area (Å²) in [6, 6.07) is 0.704. The number of carbonyl (C=O) groups is 4. The molecule has 226 valence electrons. The van der Waals surface area contributed by atoms with E-state index in [1.807, 2.05) is 0 Å². The van der Waals surface area contributed by atoms with Gasteiger partial charge in [0, 0.05) is 37.3 Å². The summed E-state index contributed by atoms with van der Waals surface area (Å²) in [4.78, 5) is 55.3. The van der Waals surface area contributed by atoms with Crippen molar-refractivity contribution in [3.8, 4) is 5.75 Å². The van der Waals surface area contributed by atoms with Crippen molar-refractivity contribution in [2.24, 2.45) is 17.6 Å². The van der Waals surface area contributed by atoms with Gasteiger partial charge in [-0.2, -0.15) is 0 Å². The van der Waals surface area contributed by atoms with Crippen molar-refractivity contribution in [2.75, 3.05) is 45.0 Å². The maximum Gasteiger partial charge on any atom is 0.255 e. The molecule has 4 aliphatic rings. The Balaban J connectivity index is 1.62. The Morgan fingerprint density at radius 1 is 1.12 bits per heavy atom. The first kappa shape index (κ1) is 29.5. The predicted molar refractivity (Wildman–Crippen MR) is 153 cm³/mol. The number of hydrogen-bond acceptors (Lipinski definition) is 11. The number of nitrogens with one attached hydrogen (secondary N) is 2. The molecule has 0 heterocycles. The van der Waals surface area contributed by atoms with Crippen LogP contribution >= 0.6 is 0 Å². The molecule has 0 spiro atoms. The highest BCUT2D eigenvalue weighted by atomic mass is 16.3. The van der Waals surface area contributed by atoms with E-state index in [0.29, 0.717) is 11.3 Å². The molecule has 0 aliphatic heterocycles. The van der Waals surface area contributed by atoms with Gasteiger partial charge >= 0.3 is 0 Å². The number of primary amides is 1. The van der Waals surface area contributed by atoms with Gasteiger partial charge in [0.1, 0.15) is 22.8 Å². The lowest BCUT2D eigenvalue weighted by molar-refractivity contribution is -0.153. The summed E-state index contributed by atoms with van der Waals surface area (Å²) >= 11 is 0. The second-order valence-corrected chi connectivity index (χ2v) is 12.1. The van der Waals surface area contributed by atoms with Crippen LogP contribution in [0.3, 0.4) is 0 Å². The Kier molecular flexibility index (Phi) is 7.32. The van der Waals surface area contributed by atoms with E-state index < -0.39 is 69.7 Å². The number of nitrogens with zero attached hydrogens (tertiary/aromatic N) is 2. The van der Waals surface area contributed by atoms with Crippen LogP contribution in [-0.2, 0) is 25.6 Å². The van der Waals surface area contributed by atoms with Gasteiger partial charge in [-0.15, -0.1) is 0 Å². The number of fused-ring (bicyclic) bond motifs is 3. The SMILES string of the molecule is CN(C)c1cc(NC(=O)CNC2CCC2)c(O)c2c1CC1CC3[C@H](N(C)C)C(=O)C(C(N)=O)=C(O)[C@@]3(O)C(=O)C1=C2O. The summed E-state index contributed by atoms with van der Waals surface area (Å²) in [6.45, 7) is 0.0279. The average molecular weight is 584 g/mol. The molecular formula is C29H37N5O8. The van der Waals surface area contributed by atoms with Crippen LogP contribution in [-0.4, -0.2) is 101 Å². The quantitative estimate of drug-likeness (QED) is 0.169. The van der Waals surface area contributed by atoms with Crippen LogP contribution in [0.5, 0.6) is 5.75 Å². The Hall–Kier alpha value is -3.94. The van der Waals surface area contributed by atoms with Gasteiger partial charge in [0.05, 0.1) is 23.8 Å². The van der Waals surface area contributed by atoms with Crippen molar-refractivity contribution >= 4 is 40.5 Å². The normalized spacial score (nSPS) is 27.3. The number of aliphatic hydroxyl groups excluding tert-OH is 2. The number of carbonyl (C=O) groups excluding carboxylic acids is 4. The van der Waals surface area contributed by atoms with E-state index in [9.17, 15) is 39.6 Å². The fraction of sp³-hybridized carbons (Fsp3) is 0.517. The summed E-state index contributed by atoms with van der Waals surface area (Å²) in [5.74, 6) is -7.66. The Bertz CT molecular complexity index is 1460. The number of anilines is 2. The van der Waals surface area contributed by atoms with Crippen LogP contribution < -0.4 is 21.3 Å². The van der Waals surface area contributed by atoms with Crippen molar-refractivity contribution in [1.29, 1.82) is 0 Å². The lowest BCUT2D eigenvalue weighted by atomic mass is 9.57. The van der Waals surface area contributed by atoms with Crippen molar-refractivity contribution in [1.82, 2.24) is 10.2 Å². The molecule has 13 heteroatoms. The molecule has 0 radical (unpaired) electrons. The molecule has 0 aromatic heterocycles. The number of phenols is 1. The highest BCUT2D eigenvalue weighted by molar-refractivity contribution is 6.24. The molecule has 42 heavy (non-hydrogen) atoms. The molecule has 5 rings (SSSR count). The Labute approximate surface area is 242 Å². The fourth-order valence-corrected chi connectivity index (χ4v) is 6.83. The molecule has 8 N–H and O–H groups in total. The molecule has 0 bridgehead atoms. The number of Topliss-reactive ketones (excluding diaryl/α,β-unsaturated/α-hetero) is 2. The van der Waals surface area contributed by atoms with E-state index in [1.54, 1.807) is 39.2 Å². The lowest BCUT2D eigenvalue weighted by Gasteiger charge is -2.50. The summed E-state index contributed by atoms with van der Waals surface area (Å²) in [6.07, 6.45) is 3.21. The van der Waals surface area contributed by atoms with Crippen LogP contribution in [0.4, 0.5) is 11.4 Å². The second-order valence-electron chi connectivity index (χ2n) is 12.1. The largest absolute Gasteiger partial charge is 0.508 e. The van der Waals surface area contributed by atoms with E-state index in [4.69, 9.17) is 5.73 Å². The van der Waals surface area contributed by atoms with Crippen LogP contribution in [0.25, 0.3) is 5.76 Å². The summed E-state index contributed by atoms with van der Waals surface area (Å²) < 4.78 is 0. The third-order valence-corrected chi connectivity index (χ3v) is 9.11. The lowest BCUT2D eigenvalue weighted by Crippen LogP contribution is -2.65. The van der Waals surface area contributed by atoms with Crippen molar-refractivity contribution in [3.05, 3.63) is 34.1 Å². The maximum atomic E-state index is 14.1. The minimum Gasteiger partial charge on any atom is -0.508 e. The van der Waals surface area contributed by atoms with E-state index in [0.717, 1.165) is 19.3 Å². The van der Waals surface area contributed by atoms with Gasteiger partial charge in [0.2, 0.25) is 11.7 Å². The molecule has 13 nitrogen and oxygen atoms in total. The molecule has 2 saturated carbocycles. The van der Waals surface area contributed by atoms with Gasteiger partial charge in [-0.25, -0.2) is 0 Å². The number of benzene rings is 1. The number of ketones is 2. The molecular weight excluding hydrogens is 546 g/mol. The highest BCUT2D eigenvalue weighted by Crippen LogP contribution is 2.54. The van der Waals surface area contributed by atoms with Crippen molar-refractivity contribution in [3.63, 3.8) is 0 Å². The predicted octanol–water partition coefficient (Wildman–Crippen LogP) is 0.111. The molecule has 2 fully saturated rings. The van der Waals surface area contributed by atoms with Crippen LogP contribution in [0.1, 0.15) is 36.8 Å². The summed E-state index contributed by atoms with van der Waals surface area (Å²) in [7, 11) is 6.61. The molecule has 2 amide bonds. The maximum absolute atomic E-state index is 14.1. The number of hydrogen-bond donors (Lipinski definition) is 7. The monoisotopic (exact) mass is 583 g/mol. The zero-order valence-corrected chi connectivity index (χ0v) is 24.0. The second kappa shape index (κ2) is 10.4. The number of likely N-dealkylation sites (N-methyl/N-ethyl adjacent to an activating group) is 1. The third kappa shape index (κ3) is 4.34. The number of nitrogens with two attached hydrogens (primary N) is 1. The van der Waals surface area contributed by atoms with Crippen molar-refractivity contribution < 1.29 is 39.6 Å². The van der Waals surface area contributed by atoms with Gasteiger partial charge in [-0.1, -0.05) is 6.42 Å². The van der Waals surface area contributed by atoms with Gasteiger partial charge in [-0.05, 0) is 57.3 Å². The molecule has 1 aromatic carbocycles. The van der Waals surface area contributed by atoms with E-state index >= 15 is 0 Å². The molecule has 0 saturated heterocycles. The molecule has 2 unspecified atom stereocenters. The molecule has 1 aromatic rings. The zero-order chi connectivity index (χ0) is 30.8. The minimum atomic E-state index is -2.72. The standard InChI is InChI=1S/C29H37N5O8/c1-33(2)17-10-16(32-18(35)11-31-13-6-5-7-13)23(36)20-14(17)8-12-9-15-22(34(3)4)25(38)21(28(30)41)27(40)29(15,42)26(39)19(12)24(20)37/h10,12-13,15,22,31,36-37,40,42H,5-9,11H2,1-4H3,(H2,30,41)(H,32,35)/t12?,15?,22-,29-/m0/s1. The first-order valence-electron chi connectivity index (χ1n) is 13.9. The van der Waals surface area contributed by atoms with Crippen LogP contribution in [0.2, 0.25) is 0 Å². The van der Waals surface area contributed by atoms with Gasteiger partial charge in [0.15, 0.2) is 11.4 Å². The molecule has 4 atom stereocenters. The van der Waals surface area contributed by atoms with E-state index in [-0.39, 0.29) is 42.3 Å². The fourth-order valence-electron chi connectivity index (χ4n) is 6.83. The topological polar surface area (TPSA) is 206 Å². The first-order valence-corrected chi connectivity index (χ1v) is 13.9. The van der Waals surface area contributed by atoms with Gasteiger partial charge in [0.25, 0.3) is 5.91 Å². The van der Waals surface area contributed by atoms with Crippen LogP contribution in [0.15, 0.2) is 23.0 Å². The number of aliphatic hydroxyl groups is 3. The Morgan fingerprint density at radius 2 is 1.79 bits per heavy atom. The average Bonchev–Trinajstić information content (AvgIpc) is 2.86. The van der Waals surface area contributed by atoms with Gasteiger partial charge in [-0.3, -0.25) is 24.1 Å². The number of amides is 2. The zero-order valence-electron chi connectivity index (χ0n) is 24.0. The Morgan fingerprint density at radius 3 is 2.33 bits per heavy atom. The molecule has 4 aliphatic carbocycles. The summed E-state index contributed by atoms with van der Waals surface area (Å²) in [5, 5.41) is 51.4. The number of rotatable bonds is 7. The smallest absolute Gasteiger partial charge is 0.255 e. The van der Waals surface area contributed by atoms with Crippen molar-refractivity contribution in [2.45, 2.75) is 49.8 Å². The third-order valence-electron chi connectivity index (χ3n) is 9.11. The first-order chi connectivity index (χ1) is 19.7.